The summed E-state index contributed by atoms with van der Waals surface area (Å²) in [6.07, 6.45) is -12.3. The maximum absolute atomic E-state index is 14.3. The molecule has 156 valence electrons. The highest BCUT2D eigenvalue weighted by molar-refractivity contribution is 5.70. The Labute approximate surface area is 152 Å². The fraction of sp³-hybridized carbons (Fsp3) is 0.500. The van der Waals surface area contributed by atoms with E-state index in [9.17, 15) is 39.5 Å². The zero-order valence-electron chi connectivity index (χ0n) is 14.8. The number of hydrogen-bond acceptors (Lipinski definition) is 3. The molecule has 0 bridgehead atoms. The molecule has 12 heteroatoms. The van der Waals surface area contributed by atoms with E-state index in [1.807, 2.05) is 0 Å². The van der Waals surface area contributed by atoms with Gasteiger partial charge in [-0.25, -0.2) is 4.98 Å². The Kier molecular flexibility index (Phi) is 5.02. The van der Waals surface area contributed by atoms with Crippen molar-refractivity contribution >= 4 is 0 Å². The second-order valence-electron chi connectivity index (χ2n) is 7.03. The lowest BCUT2D eigenvalue weighted by molar-refractivity contribution is -0.291. The molecule has 3 nitrogen and oxygen atoms in total. The summed E-state index contributed by atoms with van der Waals surface area (Å²) in [5.74, 6) is -9.37. The van der Waals surface area contributed by atoms with Crippen LogP contribution < -0.4 is 0 Å². The molecule has 2 aromatic heterocycles. The Morgan fingerprint density at radius 3 is 1.79 bits per heavy atom. The van der Waals surface area contributed by atoms with Gasteiger partial charge in [-0.3, -0.25) is 0 Å². The second-order valence-corrected chi connectivity index (χ2v) is 7.03. The van der Waals surface area contributed by atoms with Crippen molar-refractivity contribution in [1.82, 2.24) is 10.1 Å². The van der Waals surface area contributed by atoms with Crippen LogP contribution in [0.5, 0.6) is 0 Å². The Morgan fingerprint density at radius 2 is 1.43 bits per heavy atom. The molecule has 2 rings (SSSR count). The molecule has 28 heavy (non-hydrogen) atoms. The molecule has 0 aliphatic rings. The largest absolute Gasteiger partial charge is 0.458 e. The molecule has 2 aromatic rings. The van der Waals surface area contributed by atoms with Crippen LogP contribution in [0.1, 0.15) is 43.3 Å². The van der Waals surface area contributed by atoms with Crippen molar-refractivity contribution in [2.24, 2.45) is 0 Å². The summed E-state index contributed by atoms with van der Waals surface area (Å²) in [5.41, 5.74) is -8.92. The van der Waals surface area contributed by atoms with E-state index in [1.54, 1.807) is 0 Å². The van der Waals surface area contributed by atoms with Crippen LogP contribution in [-0.4, -0.2) is 16.3 Å². The van der Waals surface area contributed by atoms with Crippen LogP contribution >= 0.6 is 0 Å². The fourth-order valence-electron chi connectivity index (χ4n) is 2.53. The van der Waals surface area contributed by atoms with E-state index in [0.29, 0.717) is 0 Å². The van der Waals surface area contributed by atoms with Crippen molar-refractivity contribution in [1.29, 1.82) is 0 Å². The van der Waals surface area contributed by atoms with Crippen LogP contribution in [0.2, 0.25) is 0 Å². The average Bonchev–Trinajstić information content (AvgIpc) is 2.88. The predicted molar refractivity (Wildman–Crippen MR) is 78.1 cm³/mol. The van der Waals surface area contributed by atoms with Gasteiger partial charge in [-0.2, -0.15) is 39.5 Å². The normalized spacial score (nSPS) is 13.9. The van der Waals surface area contributed by atoms with Crippen LogP contribution in [-0.2, 0) is 17.5 Å². The van der Waals surface area contributed by atoms with Crippen molar-refractivity contribution in [3.05, 3.63) is 34.5 Å². The van der Waals surface area contributed by atoms with E-state index in [2.05, 4.69) is 14.7 Å². The summed E-state index contributed by atoms with van der Waals surface area (Å²) in [5, 5.41) is 3.31. The predicted octanol–water partition coefficient (Wildman–Crippen LogP) is 6.15. The minimum absolute atomic E-state index is 0.00554. The van der Waals surface area contributed by atoms with E-state index >= 15 is 0 Å². The maximum Gasteiger partial charge on any atom is 0.458 e. The summed E-state index contributed by atoms with van der Waals surface area (Å²) < 4.78 is 127. The van der Waals surface area contributed by atoms with Gasteiger partial charge in [0.1, 0.15) is 5.56 Å². The molecule has 0 fully saturated rings. The van der Waals surface area contributed by atoms with E-state index in [1.165, 1.54) is 27.7 Å². The topological polar surface area (TPSA) is 38.9 Å². The van der Waals surface area contributed by atoms with Crippen molar-refractivity contribution in [3.63, 3.8) is 0 Å². The highest BCUT2D eigenvalue weighted by atomic mass is 19.4. The first-order valence-electron chi connectivity index (χ1n) is 7.59. The van der Waals surface area contributed by atoms with Gasteiger partial charge in [0.15, 0.2) is 5.76 Å². The highest BCUT2D eigenvalue weighted by Gasteiger charge is 2.64. The van der Waals surface area contributed by atoms with Crippen molar-refractivity contribution < 1.29 is 44.0 Å². The SMILES string of the molecule is Cc1cc(-c2c(C(C)(C)C)nc(F)c(C(F)(F)F)c2C(F)(F)C(F)(F)F)on1. The van der Waals surface area contributed by atoms with E-state index in [-0.39, 0.29) is 5.69 Å². The monoisotopic (exact) mass is 420 g/mol. The summed E-state index contributed by atoms with van der Waals surface area (Å²) in [6, 6.07) is 0.861. The van der Waals surface area contributed by atoms with Gasteiger partial charge in [-0.1, -0.05) is 25.9 Å². The molecule has 2 heterocycles. The number of aromatic nitrogens is 2. The fourth-order valence-corrected chi connectivity index (χ4v) is 2.53. The van der Waals surface area contributed by atoms with Gasteiger partial charge >= 0.3 is 18.3 Å². The molecule has 0 saturated heterocycles. The maximum atomic E-state index is 14.3. The van der Waals surface area contributed by atoms with Crippen LogP contribution in [0.4, 0.5) is 39.5 Å². The molecule has 0 amide bonds. The first-order valence-corrected chi connectivity index (χ1v) is 7.59. The first kappa shape index (κ1) is 22.0. The van der Waals surface area contributed by atoms with Crippen molar-refractivity contribution in [2.75, 3.05) is 0 Å². The molecule has 0 unspecified atom stereocenters. The lowest BCUT2D eigenvalue weighted by Crippen LogP contribution is -2.38. The number of halogens is 9. The third-order valence-electron chi connectivity index (χ3n) is 3.69. The van der Waals surface area contributed by atoms with Gasteiger partial charge in [0.25, 0.3) is 0 Å². The number of nitrogens with zero attached hydrogens (tertiary/aromatic N) is 2. The quantitative estimate of drug-likeness (QED) is 0.432. The Balaban J connectivity index is 3.18. The number of alkyl halides is 8. The zero-order valence-corrected chi connectivity index (χ0v) is 14.8. The lowest BCUT2D eigenvalue weighted by Gasteiger charge is -2.29. The molecular formula is C16H13F9N2O. The third kappa shape index (κ3) is 3.68. The van der Waals surface area contributed by atoms with Gasteiger partial charge in [0, 0.05) is 11.5 Å². The number of aryl methyl sites for hydroxylation is 1. The first-order chi connectivity index (χ1) is 12.4. The molecule has 0 spiro atoms. The van der Waals surface area contributed by atoms with Crippen LogP contribution in [0.15, 0.2) is 10.6 Å². The number of pyridine rings is 1. The molecule has 0 radical (unpaired) electrons. The standard InChI is InChI=1S/C16H13F9N2O/c1-6-5-7(28-27-6)8-9(14(18,19)16(23,24)25)10(15(20,21)22)12(17)26-11(8)13(2,3)4/h5H,1-4H3. The molecule has 0 aliphatic heterocycles. The molecule has 0 saturated carbocycles. The third-order valence-corrected chi connectivity index (χ3v) is 3.69. The average molecular weight is 420 g/mol. The number of rotatable bonds is 2. The Bertz CT molecular complexity index is 889. The van der Waals surface area contributed by atoms with Crippen LogP contribution in [0, 0.1) is 12.9 Å². The lowest BCUT2D eigenvalue weighted by atomic mass is 9.82. The van der Waals surface area contributed by atoms with Gasteiger partial charge in [-0.15, -0.1) is 0 Å². The van der Waals surface area contributed by atoms with Crippen LogP contribution in [0.3, 0.4) is 0 Å². The number of hydrogen-bond donors (Lipinski definition) is 0. The van der Waals surface area contributed by atoms with Gasteiger partial charge in [0.2, 0.25) is 5.95 Å². The summed E-state index contributed by atoms with van der Waals surface area (Å²) in [7, 11) is 0. The zero-order chi connectivity index (χ0) is 21.9. The minimum atomic E-state index is -6.44. The van der Waals surface area contributed by atoms with E-state index in [0.717, 1.165) is 6.07 Å². The van der Waals surface area contributed by atoms with Gasteiger partial charge in [-0.05, 0) is 6.92 Å². The summed E-state index contributed by atoms with van der Waals surface area (Å²) >= 11 is 0. The molecule has 0 aromatic carbocycles. The van der Waals surface area contributed by atoms with Crippen molar-refractivity contribution in [2.45, 2.75) is 51.4 Å². The summed E-state index contributed by atoms with van der Waals surface area (Å²) in [4.78, 5) is 3.08. The molecule has 0 aliphatic carbocycles. The molecule has 0 atom stereocenters. The molecule has 0 N–H and O–H groups in total. The highest BCUT2D eigenvalue weighted by Crippen LogP contribution is 2.53. The Hall–Kier alpha value is -2.27. The van der Waals surface area contributed by atoms with E-state index < -0.39 is 57.8 Å². The van der Waals surface area contributed by atoms with Gasteiger partial charge in [0.05, 0.1) is 22.5 Å². The summed E-state index contributed by atoms with van der Waals surface area (Å²) in [6.45, 7) is 5.03. The molecular weight excluding hydrogens is 407 g/mol. The second kappa shape index (κ2) is 6.38. The van der Waals surface area contributed by atoms with Crippen molar-refractivity contribution in [3.8, 4) is 11.3 Å². The Morgan fingerprint density at radius 1 is 0.893 bits per heavy atom. The van der Waals surface area contributed by atoms with E-state index in [4.69, 9.17) is 0 Å². The van der Waals surface area contributed by atoms with Crippen LogP contribution in [0.25, 0.3) is 11.3 Å². The smallest absolute Gasteiger partial charge is 0.356 e. The minimum Gasteiger partial charge on any atom is -0.356 e. The van der Waals surface area contributed by atoms with Gasteiger partial charge < -0.3 is 4.52 Å².